The summed E-state index contributed by atoms with van der Waals surface area (Å²) in [6, 6.07) is 0. The Morgan fingerprint density at radius 1 is 1.42 bits per heavy atom. The largest absolute Gasteiger partial charge is 0.481 e. The van der Waals surface area contributed by atoms with E-state index < -0.39 is 25.7 Å². The van der Waals surface area contributed by atoms with Gasteiger partial charge in [-0.25, -0.2) is 13.6 Å². The van der Waals surface area contributed by atoms with Crippen molar-refractivity contribution in [2.75, 3.05) is 0 Å². The van der Waals surface area contributed by atoms with Gasteiger partial charge in [-0.3, -0.25) is 4.52 Å². The minimum absolute atomic E-state index is 0.997. The lowest BCUT2D eigenvalue weighted by Gasteiger charge is -2.39. The Bertz CT molecular complexity index is 257. The molecule has 0 aromatic rings. The highest BCUT2D eigenvalue weighted by molar-refractivity contribution is 7.50. The Labute approximate surface area is 67.1 Å². The third kappa shape index (κ3) is 0.789. The average molecular weight is 198 g/mol. The molecule has 3 saturated heterocycles. The molecule has 70 valence electrons. The van der Waals surface area contributed by atoms with Crippen LogP contribution >= 0.6 is 7.82 Å². The molecule has 0 aliphatic carbocycles. The monoisotopic (exact) mass is 198 g/mol. The molecular weight excluding hydrogens is 191 g/mol. The van der Waals surface area contributed by atoms with Gasteiger partial charge in [0.05, 0.1) is 0 Å². The van der Waals surface area contributed by atoms with Gasteiger partial charge in [-0.2, -0.15) is 0 Å². The van der Waals surface area contributed by atoms with Crippen LogP contribution in [-0.4, -0.2) is 33.2 Å². The number of fused-ring (bicyclic) bond motifs is 1. The number of aliphatic hydroxyl groups is 3. The van der Waals surface area contributed by atoms with Crippen LogP contribution in [0, 0.1) is 0 Å². The molecule has 0 radical (unpaired) electrons. The summed E-state index contributed by atoms with van der Waals surface area (Å²) >= 11 is 0. The molecule has 0 aromatic carbocycles. The molecule has 3 aliphatic rings. The van der Waals surface area contributed by atoms with Gasteiger partial charge < -0.3 is 15.3 Å². The van der Waals surface area contributed by atoms with Crippen LogP contribution in [0.25, 0.3) is 0 Å². The standard InChI is InChI=1S/C4H7O7P/c1-2-3(4(5,6)7)10-12(8,9-2)11-3/h2,5-7H,1H3. The van der Waals surface area contributed by atoms with Crippen LogP contribution in [0.2, 0.25) is 0 Å². The predicted molar refractivity (Wildman–Crippen MR) is 32.4 cm³/mol. The first kappa shape index (κ1) is 8.58. The van der Waals surface area contributed by atoms with Crippen LogP contribution in [-0.2, 0) is 18.1 Å². The summed E-state index contributed by atoms with van der Waals surface area (Å²) in [7, 11) is -3.60. The summed E-state index contributed by atoms with van der Waals surface area (Å²) in [5, 5.41) is 26.3. The number of hydrogen-bond acceptors (Lipinski definition) is 7. The zero-order chi connectivity index (χ0) is 9.20. The Morgan fingerprint density at radius 2 is 1.92 bits per heavy atom. The van der Waals surface area contributed by atoms with Crippen molar-refractivity contribution in [3.05, 3.63) is 0 Å². The summed E-state index contributed by atoms with van der Waals surface area (Å²) in [5.74, 6) is -5.33. The fraction of sp³-hybridized carbons (Fsp3) is 1.00. The minimum Gasteiger partial charge on any atom is -0.339 e. The Kier molecular flexibility index (Phi) is 1.36. The van der Waals surface area contributed by atoms with E-state index in [-0.39, 0.29) is 0 Å². The van der Waals surface area contributed by atoms with Gasteiger partial charge in [0.25, 0.3) is 5.79 Å². The van der Waals surface area contributed by atoms with Crippen molar-refractivity contribution in [1.29, 1.82) is 0 Å². The molecule has 3 N–H and O–H groups in total. The summed E-state index contributed by atoms with van der Waals surface area (Å²) < 4.78 is 24.5. The van der Waals surface area contributed by atoms with Gasteiger partial charge >= 0.3 is 13.8 Å². The van der Waals surface area contributed by atoms with Crippen molar-refractivity contribution in [2.24, 2.45) is 0 Å². The highest BCUT2D eigenvalue weighted by Crippen LogP contribution is 2.75. The van der Waals surface area contributed by atoms with Crippen molar-refractivity contribution in [2.45, 2.75) is 24.8 Å². The van der Waals surface area contributed by atoms with Crippen LogP contribution in [0.4, 0.5) is 0 Å². The van der Waals surface area contributed by atoms with Gasteiger partial charge in [0.15, 0.2) is 0 Å². The normalized spacial score (nSPS) is 52.2. The van der Waals surface area contributed by atoms with Gasteiger partial charge in [0.2, 0.25) is 0 Å². The van der Waals surface area contributed by atoms with E-state index in [1.807, 2.05) is 0 Å². The second kappa shape index (κ2) is 1.91. The van der Waals surface area contributed by atoms with Crippen LogP contribution in [0.5, 0.6) is 0 Å². The summed E-state index contributed by atoms with van der Waals surface area (Å²) in [4.78, 5) is 0. The first-order chi connectivity index (χ1) is 5.29. The molecule has 0 saturated carbocycles. The molecule has 3 fully saturated rings. The van der Waals surface area contributed by atoms with Crippen LogP contribution in [0.3, 0.4) is 0 Å². The van der Waals surface area contributed by atoms with E-state index in [0.717, 1.165) is 0 Å². The van der Waals surface area contributed by atoms with E-state index in [2.05, 4.69) is 13.6 Å². The van der Waals surface area contributed by atoms with Crippen molar-refractivity contribution in [1.82, 2.24) is 0 Å². The molecule has 0 amide bonds. The molecule has 8 heteroatoms. The molecular formula is C4H7O7P. The summed E-state index contributed by atoms with van der Waals surface area (Å²) in [6.45, 7) is 1.34. The number of rotatable bonds is 1. The zero-order valence-electron chi connectivity index (χ0n) is 6.00. The number of hydrogen-bond donors (Lipinski definition) is 3. The molecule has 12 heavy (non-hydrogen) atoms. The third-order valence-corrected chi connectivity index (χ3v) is 3.35. The van der Waals surface area contributed by atoms with E-state index in [4.69, 9.17) is 15.3 Å². The van der Waals surface area contributed by atoms with Crippen LogP contribution in [0.1, 0.15) is 6.92 Å². The minimum atomic E-state index is -3.60. The SMILES string of the molecule is CC1OP2(=O)OC1(C(O)(O)O)O2. The second-order valence-corrected chi connectivity index (χ2v) is 4.15. The molecule has 3 rings (SSSR count). The van der Waals surface area contributed by atoms with Crippen molar-refractivity contribution in [3.8, 4) is 0 Å². The fourth-order valence-electron chi connectivity index (χ4n) is 1.19. The van der Waals surface area contributed by atoms with E-state index in [9.17, 15) is 4.57 Å². The first-order valence-electron chi connectivity index (χ1n) is 3.16. The summed E-state index contributed by atoms with van der Waals surface area (Å²) in [6.07, 6.45) is -0.997. The van der Waals surface area contributed by atoms with Gasteiger partial charge in [0.1, 0.15) is 6.10 Å². The topological polar surface area (TPSA) is 105 Å². The lowest BCUT2D eigenvalue weighted by Crippen LogP contribution is -2.62. The molecule has 0 aromatic heterocycles. The maximum Gasteiger partial charge on any atom is 0.481 e. The molecule has 1 atom stereocenters. The second-order valence-electron chi connectivity index (χ2n) is 2.68. The average Bonchev–Trinajstić information content (AvgIpc) is 2.12. The summed E-state index contributed by atoms with van der Waals surface area (Å²) in [5.41, 5.74) is 0. The van der Waals surface area contributed by atoms with E-state index in [0.29, 0.717) is 0 Å². The van der Waals surface area contributed by atoms with Gasteiger partial charge in [-0.15, -0.1) is 0 Å². The smallest absolute Gasteiger partial charge is 0.339 e. The van der Waals surface area contributed by atoms with Crippen molar-refractivity contribution in [3.63, 3.8) is 0 Å². The van der Waals surface area contributed by atoms with Gasteiger partial charge in [0, 0.05) is 0 Å². The number of phosphoric acid groups is 1. The maximum absolute atomic E-state index is 10.9. The molecule has 7 nitrogen and oxygen atoms in total. The number of phosphoric ester groups is 1. The van der Waals surface area contributed by atoms with Crippen LogP contribution in [0.15, 0.2) is 0 Å². The highest BCUT2D eigenvalue weighted by Gasteiger charge is 2.78. The van der Waals surface area contributed by atoms with Crippen molar-refractivity contribution >= 4 is 7.82 Å². The lowest BCUT2D eigenvalue weighted by molar-refractivity contribution is -0.449. The molecule has 3 aliphatic heterocycles. The highest BCUT2D eigenvalue weighted by atomic mass is 31.2. The maximum atomic E-state index is 10.9. The van der Waals surface area contributed by atoms with Crippen molar-refractivity contribution < 1.29 is 33.5 Å². The molecule has 1 unspecified atom stereocenters. The quantitative estimate of drug-likeness (QED) is 0.362. The van der Waals surface area contributed by atoms with E-state index in [1.165, 1.54) is 6.92 Å². The third-order valence-electron chi connectivity index (χ3n) is 1.78. The molecule has 0 spiro atoms. The van der Waals surface area contributed by atoms with Gasteiger partial charge in [-0.1, -0.05) is 0 Å². The Morgan fingerprint density at radius 3 is 2.08 bits per heavy atom. The van der Waals surface area contributed by atoms with Gasteiger partial charge in [-0.05, 0) is 6.92 Å². The first-order valence-corrected chi connectivity index (χ1v) is 4.62. The lowest BCUT2D eigenvalue weighted by atomic mass is 10.1. The fourth-order valence-corrected chi connectivity index (χ4v) is 3.02. The molecule has 3 heterocycles. The predicted octanol–water partition coefficient (Wildman–Crippen LogP) is -1.11. The Hall–Kier alpha value is -0.0100. The molecule has 2 bridgehead atoms. The van der Waals surface area contributed by atoms with E-state index >= 15 is 0 Å². The van der Waals surface area contributed by atoms with E-state index in [1.54, 1.807) is 0 Å². The Balaban J connectivity index is 2.34. The van der Waals surface area contributed by atoms with Crippen LogP contribution < -0.4 is 0 Å². The zero-order valence-corrected chi connectivity index (χ0v) is 6.89.